The first-order chi connectivity index (χ1) is 9.52. The smallest absolute Gasteiger partial charge is 0.308 e. The molecule has 6 heteroatoms. The first-order valence-electron chi connectivity index (χ1n) is 6.35. The summed E-state index contributed by atoms with van der Waals surface area (Å²) in [6.45, 7) is 0.656. The number of esters is 1. The highest BCUT2D eigenvalue weighted by Gasteiger charge is 2.29. The second kappa shape index (κ2) is 5.98. The van der Waals surface area contributed by atoms with Crippen LogP contribution in [0.1, 0.15) is 23.2 Å². The van der Waals surface area contributed by atoms with Crippen molar-refractivity contribution >= 4 is 11.9 Å². The summed E-state index contributed by atoms with van der Waals surface area (Å²) in [6.07, 6.45) is 0.935. The van der Waals surface area contributed by atoms with Gasteiger partial charge in [-0.15, -0.1) is 0 Å². The molecule has 4 nitrogen and oxygen atoms in total. The van der Waals surface area contributed by atoms with E-state index in [1.54, 1.807) is 0 Å². The topological polar surface area (TPSA) is 46.6 Å². The van der Waals surface area contributed by atoms with Crippen molar-refractivity contribution in [1.82, 2.24) is 4.90 Å². The molecule has 1 aromatic rings. The van der Waals surface area contributed by atoms with Crippen LogP contribution in [0.2, 0.25) is 0 Å². The standard InChI is InChI=1S/C14H15F2NO3/c1-20-14(19)9-4-6-17(7-5-9)13(18)11-8-10(15)2-3-12(11)16/h2-3,8-9H,4-7H2,1H3. The first-order valence-corrected chi connectivity index (χ1v) is 6.35. The largest absolute Gasteiger partial charge is 0.469 e. The Labute approximate surface area is 115 Å². The van der Waals surface area contributed by atoms with Crippen LogP contribution in [0.15, 0.2) is 18.2 Å². The van der Waals surface area contributed by atoms with Crippen molar-refractivity contribution in [2.75, 3.05) is 20.2 Å². The molecule has 0 unspecified atom stereocenters. The molecule has 0 N–H and O–H groups in total. The van der Waals surface area contributed by atoms with E-state index < -0.39 is 17.5 Å². The van der Waals surface area contributed by atoms with E-state index in [1.807, 2.05) is 0 Å². The lowest BCUT2D eigenvalue weighted by molar-refractivity contribution is -0.146. The van der Waals surface area contributed by atoms with Crippen LogP contribution < -0.4 is 0 Å². The molecule has 1 saturated heterocycles. The summed E-state index contributed by atoms with van der Waals surface area (Å²) in [5.41, 5.74) is -0.276. The highest BCUT2D eigenvalue weighted by Crippen LogP contribution is 2.21. The molecule has 1 aromatic carbocycles. The Balaban J connectivity index is 2.05. The maximum Gasteiger partial charge on any atom is 0.308 e. The Morgan fingerprint density at radius 1 is 1.25 bits per heavy atom. The lowest BCUT2D eigenvalue weighted by Crippen LogP contribution is -2.40. The number of hydrogen-bond donors (Lipinski definition) is 0. The van der Waals surface area contributed by atoms with Crippen LogP contribution in [0.5, 0.6) is 0 Å². The normalized spacial score (nSPS) is 16.1. The average Bonchev–Trinajstić information content (AvgIpc) is 2.48. The molecule has 1 amide bonds. The van der Waals surface area contributed by atoms with Gasteiger partial charge in [0.05, 0.1) is 18.6 Å². The van der Waals surface area contributed by atoms with Gasteiger partial charge in [0.2, 0.25) is 0 Å². The molecule has 20 heavy (non-hydrogen) atoms. The molecule has 0 saturated carbocycles. The number of likely N-dealkylation sites (tertiary alicyclic amines) is 1. The van der Waals surface area contributed by atoms with Crippen LogP contribution in [-0.2, 0) is 9.53 Å². The molecule has 108 valence electrons. The van der Waals surface area contributed by atoms with Gasteiger partial charge in [0.25, 0.3) is 5.91 Å². The molecule has 0 bridgehead atoms. The van der Waals surface area contributed by atoms with Gasteiger partial charge in [0.15, 0.2) is 0 Å². The summed E-state index contributed by atoms with van der Waals surface area (Å²) < 4.78 is 31.3. The van der Waals surface area contributed by atoms with E-state index in [0.717, 1.165) is 18.2 Å². The number of hydrogen-bond acceptors (Lipinski definition) is 3. The molecule has 1 fully saturated rings. The highest BCUT2D eigenvalue weighted by molar-refractivity contribution is 5.94. The van der Waals surface area contributed by atoms with E-state index in [0.29, 0.717) is 25.9 Å². The van der Waals surface area contributed by atoms with E-state index in [1.165, 1.54) is 12.0 Å². The maximum atomic E-state index is 13.5. The molecule has 0 aromatic heterocycles. The number of nitrogens with zero attached hydrogens (tertiary/aromatic N) is 1. The van der Waals surface area contributed by atoms with Crippen molar-refractivity contribution in [2.45, 2.75) is 12.8 Å². The third-order valence-corrected chi connectivity index (χ3v) is 3.48. The SMILES string of the molecule is COC(=O)C1CCN(C(=O)c2cc(F)ccc2F)CC1. The molecule has 0 spiro atoms. The molecule has 1 aliphatic rings. The number of benzene rings is 1. The van der Waals surface area contributed by atoms with Crippen molar-refractivity contribution < 1.29 is 23.1 Å². The average molecular weight is 283 g/mol. The van der Waals surface area contributed by atoms with Gasteiger partial charge >= 0.3 is 5.97 Å². The van der Waals surface area contributed by atoms with Gasteiger partial charge in [-0.05, 0) is 31.0 Å². The summed E-state index contributed by atoms with van der Waals surface area (Å²) in [4.78, 5) is 24.9. The molecule has 0 aliphatic carbocycles. The fraction of sp³-hybridized carbons (Fsp3) is 0.429. The highest BCUT2D eigenvalue weighted by atomic mass is 19.1. The van der Waals surface area contributed by atoms with E-state index in [-0.39, 0.29) is 17.5 Å². The lowest BCUT2D eigenvalue weighted by atomic mass is 9.96. The lowest BCUT2D eigenvalue weighted by Gasteiger charge is -2.30. The van der Waals surface area contributed by atoms with Crippen molar-refractivity contribution in [2.24, 2.45) is 5.92 Å². The van der Waals surface area contributed by atoms with Gasteiger partial charge in [-0.1, -0.05) is 0 Å². The minimum Gasteiger partial charge on any atom is -0.469 e. The first kappa shape index (κ1) is 14.4. The number of rotatable bonds is 2. The van der Waals surface area contributed by atoms with Gasteiger partial charge in [0, 0.05) is 13.1 Å². The zero-order valence-corrected chi connectivity index (χ0v) is 11.1. The van der Waals surface area contributed by atoms with Crippen molar-refractivity contribution in [1.29, 1.82) is 0 Å². The predicted molar refractivity (Wildman–Crippen MR) is 67.0 cm³/mol. The van der Waals surface area contributed by atoms with E-state index >= 15 is 0 Å². The molecule has 1 heterocycles. The van der Waals surface area contributed by atoms with Crippen LogP contribution >= 0.6 is 0 Å². The maximum absolute atomic E-state index is 13.5. The van der Waals surface area contributed by atoms with Crippen molar-refractivity contribution in [3.05, 3.63) is 35.4 Å². The van der Waals surface area contributed by atoms with Crippen LogP contribution in [0.25, 0.3) is 0 Å². The Bertz CT molecular complexity index is 525. The van der Waals surface area contributed by atoms with Crippen molar-refractivity contribution in [3.63, 3.8) is 0 Å². The predicted octanol–water partition coefficient (Wildman–Crippen LogP) is 1.99. The second-order valence-electron chi connectivity index (χ2n) is 4.71. The summed E-state index contributed by atoms with van der Waals surface area (Å²) in [5.74, 6) is -2.48. The van der Waals surface area contributed by atoms with E-state index in [4.69, 9.17) is 0 Å². The Kier molecular flexibility index (Phi) is 4.32. The summed E-state index contributed by atoms with van der Waals surface area (Å²) in [5, 5.41) is 0. The van der Waals surface area contributed by atoms with Crippen LogP contribution in [0.4, 0.5) is 8.78 Å². The van der Waals surface area contributed by atoms with Gasteiger partial charge in [0.1, 0.15) is 11.6 Å². The number of amides is 1. The molecule has 1 aliphatic heterocycles. The fourth-order valence-corrected chi connectivity index (χ4v) is 2.32. The fourth-order valence-electron chi connectivity index (χ4n) is 2.32. The zero-order valence-electron chi connectivity index (χ0n) is 11.1. The Morgan fingerprint density at radius 2 is 1.90 bits per heavy atom. The Hall–Kier alpha value is -1.98. The summed E-state index contributed by atoms with van der Waals surface area (Å²) >= 11 is 0. The minimum absolute atomic E-state index is 0.235. The van der Waals surface area contributed by atoms with Crippen LogP contribution in [0.3, 0.4) is 0 Å². The number of halogens is 2. The number of carbonyl (C=O) groups excluding carboxylic acids is 2. The molecule has 2 rings (SSSR count). The van der Waals surface area contributed by atoms with Gasteiger partial charge in [-0.2, -0.15) is 0 Å². The summed E-state index contributed by atoms with van der Waals surface area (Å²) in [7, 11) is 1.32. The quantitative estimate of drug-likeness (QED) is 0.780. The molecule has 0 radical (unpaired) electrons. The molecular weight excluding hydrogens is 268 g/mol. The third kappa shape index (κ3) is 2.95. The van der Waals surface area contributed by atoms with Crippen LogP contribution in [0, 0.1) is 17.6 Å². The zero-order chi connectivity index (χ0) is 14.7. The number of ether oxygens (including phenoxy) is 1. The molecular formula is C14H15F2NO3. The van der Waals surface area contributed by atoms with Crippen LogP contribution in [-0.4, -0.2) is 37.0 Å². The van der Waals surface area contributed by atoms with Crippen molar-refractivity contribution in [3.8, 4) is 0 Å². The summed E-state index contributed by atoms with van der Waals surface area (Å²) in [6, 6.07) is 2.80. The number of piperidine rings is 1. The monoisotopic (exact) mass is 283 g/mol. The van der Waals surface area contributed by atoms with E-state index in [2.05, 4.69) is 4.74 Å². The molecule has 0 atom stereocenters. The Morgan fingerprint density at radius 3 is 2.50 bits per heavy atom. The number of carbonyl (C=O) groups is 2. The van der Waals surface area contributed by atoms with Gasteiger partial charge < -0.3 is 9.64 Å². The van der Waals surface area contributed by atoms with E-state index in [9.17, 15) is 18.4 Å². The second-order valence-corrected chi connectivity index (χ2v) is 4.71. The van der Waals surface area contributed by atoms with Gasteiger partial charge in [-0.3, -0.25) is 9.59 Å². The third-order valence-electron chi connectivity index (χ3n) is 3.48. The number of methoxy groups -OCH3 is 1. The van der Waals surface area contributed by atoms with Gasteiger partial charge in [-0.25, -0.2) is 8.78 Å². The minimum atomic E-state index is -0.744.